The molecule has 1 aliphatic heterocycles. The van der Waals surface area contributed by atoms with Crippen LogP contribution in [0.4, 0.5) is 10.5 Å². The normalized spacial score (nSPS) is 15.5. The van der Waals surface area contributed by atoms with Crippen LogP contribution < -0.4 is 5.32 Å². The minimum atomic E-state index is -0.0825. The second-order valence-electron chi connectivity index (χ2n) is 3.63. The summed E-state index contributed by atoms with van der Waals surface area (Å²) in [6, 6.07) is 9.40. The molecular formula is C11H15N3O. The lowest BCUT2D eigenvalue weighted by Gasteiger charge is -2.38. The molecule has 0 saturated carbocycles. The van der Waals surface area contributed by atoms with E-state index in [4.69, 9.17) is 0 Å². The number of para-hydroxylation sites is 1. The molecule has 0 unspecified atom stereocenters. The summed E-state index contributed by atoms with van der Waals surface area (Å²) in [7, 11) is 1.79. The van der Waals surface area contributed by atoms with Crippen LogP contribution in [-0.4, -0.2) is 36.2 Å². The average molecular weight is 205 g/mol. The number of nitrogens with zero attached hydrogens (tertiary/aromatic N) is 2. The van der Waals surface area contributed by atoms with Crippen molar-refractivity contribution in [2.75, 3.05) is 25.5 Å². The molecule has 0 aliphatic carbocycles. The quantitative estimate of drug-likeness (QED) is 0.798. The number of urea groups is 1. The number of hydrazine groups is 1. The van der Waals surface area contributed by atoms with Gasteiger partial charge in [-0.25, -0.2) is 9.80 Å². The van der Waals surface area contributed by atoms with E-state index in [0.29, 0.717) is 0 Å². The Bertz CT molecular complexity index is 335. The van der Waals surface area contributed by atoms with Crippen LogP contribution in [0.1, 0.15) is 6.42 Å². The van der Waals surface area contributed by atoms with Gasteiger partial charge in [0.25, 0.3) is 0 Å². The Kier molecular flexibility index (Phi) is 2.87. The van der Waals surface area contributed by atoms with E-state index < -0.39 is 0 Å². The largest absolute Gasteiger partial charge is 0.336 e. The zero-order valence-corrected chi connectivity index (χ0v) is 8.81. The van der Waals surface area contributed by atoms with Crippen molar-refractivity contribution in [3.8, 4) is 0 Å². The monoisotopic (exact) mass is 205 g/mol. The van der Waals surface area contributed by atoms with E-state index in [-0.39, 0.29) is 6.03 Å². The lowest BCUT2D eigenvalue weighted by molar-refractivity contribution is -0.0111. The fourth-order valence-electron chi connectivity index (χ4n) is 1.45. The minimum absolute atomic E-state index is 0.0825. The molecule has 1 heterocycles. The molecule has 0 spiro atoms. The van der Waals surface area contributed by atoms with Crippen molar-refractivity contribution >= 4 is 11.7 Å². The Balaban J connectivity index is 1.91. The smallest absolute Gasteiger partial charge is 0.307 e. The van der Waals surface area contributed by atoms with Crippen molar-refractivity contribution in [3.63, 3.8) is 0 Å². The molecule has 1 N–H and O–H groups in total. The molecular weight excluding hydrogens is 190 g/mol. The number of carbonyl (C=O) groups excluding carboxylic acids is 1. The molecule has 15 heavy (non-hydrogen) atoms. The van der Waals surface area contributed by atoms with Crippen LogP contribution in [0.15, 0.2) is 30.3 Å². The van der Waals surface area contributed by atoms with Gasteiger partial charge in [-0.05, 0) is 18.6 Å². The Hall–Kier alpha value is -1.55. The van der Waals surface area contributed by atoms with Crippen LogP contribution in [0.3, 0.4) is 0 Å². The lowest BCUT2D eigenvalue weighted by Crippen LogP contribution is -2.52. The van der Waals surface area contributed by atoms with Gasteiger partial charge < -0.3 is 5.32 Å². The van der Waals surface area contributed by atoms with Crippen molar-refractivity contribution in [2.24, 2.45) is 0 Å². The molecule has 4 nitrogen and oxygen atoms in total. The summed E-state index contributed by atoms with van der Waals surface area (Å²) in [4.78, 5) is 11.7. The molecule has 2 amide bonds. The molecule has 80 valence electrons. The van der Waals surface area contributed by atoms with Gasteiger partial charge in [0.15, 0.2) is 0 Å². The van der Waals surface area contributed by atoms with Gasteiger partial charge in [-0.2, -0.15) is 0 Å². The highest BCUT2D eigenvalue weighted by Gasteiger charge is 2.22. The number of hydrogen-bond donors (Lipinski definition) is 1. The first-order valence-corrected chi connectivity index (χ1v) is 5.12. The Morgan fingerprint density at radius 1 is 1.33 bits per heavy atom. The predicted octanol–water partition coefficient (Wildman–Crippen LogP) is 1.77. The molecule has 0 bridgehead atoms. The summed E-state index contributed by atoms with van der Waals surface area (Å²) in [6.07, 6.45) is 1.17. The van der Waals surface area contributed by atoms with Crippen LogP contribution in [0.5, 0.6) is 0 Å². The number of rotatable bonds is 2. The standard InChI is InChI=1S/C11H15N3O/c1-13(14-8-5-9-14)11(15)12-10-6-3-2-4-7-10/h2-4,6-7H,5,8-9H2,1H3,(H,12,15). The summed E-state index contributed by atoms with van der Waals surface area (Å²) in [6.45, 7) is 1.94. The minimum Gasteiger partial charge on any atom is -0.307 e. The zero-order chi connectivity index (χ0) is 10.7. The summed E-state index contributed by atoms with van der Waals surface area (Å²) < 4.78 is 0. The van der Waals surface area contributed by atoms with Crippen molar-refractivity contribution in [3.05, 3.63) is 30.3 Å². The number of anilines is 1. The third-order valence-corrected chi connectivity index (χ3v) is 2.58. The topological polar surface area (TPSA) is 35.6 Å². The maximum absolute atomic E-state index is 11.7. The number of hydrogen-bond acceptors (Lipinski definition) is 2. The fourth-order valence-corrected chi connectivity index (χ4v) is 1.45. The summed E-state index contributed by atoms with van der Waals surface area (Å²) >= 11 is 0. The number of amides is 2. The molecule has 4 heteroatoms. The van der Waals surface area contributed by atoms with Gasteiger partial charge in [0.05, 0.1) is 0 Å². The van der Waals surface area contributed by atoms with Crippen LogP contribution in [0, 0.1) is 0 Å². The Morgan fingerprint density at radius 3 is 2.53 bits per heavy atom. The third-order valence-electron chi connectivity index (χ3n) is 2.58. The molecule has 1 fully saturated rings. The first-order valence-electron chi connectivity index (χ1n) is 5.12. The molecule has 0 aromatic heterocycles. The fraction of sp³-hybridized carbons (Fsp3) is 0.364. The molecule has 1 saturated heterocycles. The van der Waals surface area contributed by atoms with Gasteiger partial charge in [-0.3, -0.25) is 5.01 Å². The summed E-state index contributed by atoms with van der Waals surface area (Å²) in [5.74, 6) is 0. The first-order chi connectivity index (χ1) is 7.27. The molecule has 1 aliphatic rings. The first kappa shape index (κ1) is 9.98. The zero-order valence-electron chi connectivity index (χ0n) is 8.81. The maximum atomic E-state index is 11.7. The van der Waals surface area contributed by atoms with Crippen LogP contribution >= 0.6 is 0 Å². The predicted molar refractivity (Wildman–Crippen MR) is 59.4 cm³/mol. The highest BCUT2D eigenvalue weighted by atomic mass is 16.2. The number of nitrogens with one attached hydrogen (secondary N) is 1. The molecule has 2 rings (SSSR count). The lowest BCUT2D eigenvalue weighted by atomic mass is 10.3. The van der Waals surface area contributed by atoms with Crippen molar-refractivity contribution < 1.29 is 4.79 Å². The van der Waals surface area contributed by atoms with Gasteiger partial charge in [-0.15, -0.1) is 0 Å². The van der Waals surface area contributed by atoms with E-state index in [1.807, 2.05) is 35.3 Å². The molecule has 1 aromatic rings. The number of carbonyl (C=O) groups is 1. The van der Waals surface area contributed by atoms with E-state index in [2.05, 4.69) is 5.32 Å². The van der Waals surface area contributed by atoms with E-state index in [0.717, 1.165) is 18.8 Å². The van der Waals surface area contributed by atoms with Crippen LogP contribution in [0.25, 0.3) is 0 Å². The Labute approximate surface area is 89.5 Å². The van der Waals surface area contributed by atoms with Crippen LogP contribution in [-0.2, 0) is 0 Å². The van der Waals surface area contributed by atoms with E-state index in [9.17, 15) is 4.79 Å². The average Bonchev–Trinajstić information content (AvgIpc) is 2.16. The van der Waals surface area contributed by atoms with Gasteiger partial charge in [0, 0.05) is 25.8 Å². The van der Waals surface area contributed by atoms with Gasteiger partial charge in [0.1, 0.15) is 0 Å². The highest BCUT2D eigenvalue weighted by Crippen LogP contribution is 2.11. The van der Waals surface area contributed by atoms with Gasteiger partial charge in [0.2, 0.25) is 0 Å². The maximum Gasteiger partial charge on any atom is 0.336 e. The van der Waals surface area contributed by atoms with Crippen molar-refractivity contribution in [1.29, 1.82) is 0 Å². The van der Waals surface area contributed by atoms with E-state index in [1.165, 1.54) is 6.42 Å². The third kappa shape index (κ3) is 2.27. The van der Waals surface area contributed by atoms with E-state index in [1.54, 1.807) is 12.1 Å². The molecule has 1 aromatic carbocycles. The van der Waals surface area contributed by atoms with Crippen LogP contribution in [0.2, 0.25) is 0 Å². The summed E-state index contributed by atoms with van der Waals surface area (Å²) in [5, 5.41) is 6.48. The van der Waals surface area contributed by atoms with Crippen molar-refractivity contribution in [2.45, 2.75) is 6.42 Å². The second kappa shape index (κ2) is 4.31. The van der Waals surface area contributed by atoms with Gasteiger partial charge in [-0.1, -0.05) is 18.2 Å². The van der Waals surface area contributed by atoms with Crippen molar-refractivity contribution in [1.82, 2.24) is 10.0 Å². The molecule has 0 atom stereocenters. The van der Waals surface area contributed by atoms with E-state index >= 15 is 0 Å². The molecule has 0 radical (unpaired) electrons. The SMILES string of the molecule is CN(C(=O)Nc1ccccc1)N1CCC1. The second-order valence-corrected chi connectivity index (χ2v) is 3.63. The summed E-state index contributed by atoms with van der Waals surface area (Å²) in [5.41, 5.74) is 0.829. The Morgan fingerprint density at radius 2 is 2.00 bits per heavy atom. The number of benzene rings is 1. The highest BCUT2D eigenvalue weighted by molar-refractivity contribution is 5.88. The van der Waals surface area contributed by atoms with Gasteiger partial charge >= 0.3 is 6.03 Å².